The van der Waals surface area contributed by atoms with Gasteiger partial charge in [-0.15, -0.1) is 0 Å². The molecule has 0 radical (unpaired) electrons. The van der Waals surface area contributed by atoms with E-state index in [1.807, 2.05) is 6.08 Å². The Labute approximate surface area is 96.3 Å². The Morgan fingerprint density at radius 1 is 1.33 bits per heavy atom. The summed E-state index contributed by atoms with van der Waals surface area (Å²) < 4.78 is 0. The smallest absolute Gasteiger partial charge is 0.550 e. The van der Waals surface area contributed by atoms with Gasteiger partial charge in [0.25, 0.3) is 0 Å². The van der Waals surface area contributed by atoms with Crippen LogP contribution >= 0.6 is 0 Å². The largest absolute Gasteiger partial charge is 1.00 e. The summed E-state index contributed by atoms with van der Waals surface area (Å²) in [4.78, 5) is 9.93. The van der Waals surface area contributed by atoms with Crippen LogP contribution in [-0.2, 0) is 4.79 Å². The van der Waals surface area contributed by atoms with Gasteiger partial charge in [0.2, 0.25) is 0 Å². The summed E-state index contributed by atoms with van der Waals surface area (Å²) in [6, 6.07) is 0. The minimum Gasteiger partial charge on any atom is -0.550 e. The van der Waals surface area contributed by atoms with E-state index in [0.29, 0.717) is 0 Å². The number of carboxylic acids is 1. The third kappa shape index (κ3) is 12.8. The predicted molar refractivity (Wildman–Crippen MR) is 42.9 cm³/mol. The number of allylic oxidation sites excluding steroid dienone is 1. The van der Waals surface area contributed by atoms with Gasteiger partial charge in [0.15, 0.2) is 0 Å². The molecule has 0 heterocycles. The van der Waals surface area contributed by atoms with E-state index in [2.05, 4.69) is 6.92 Å². The molecule has 2 nitrogen and oxygen atoms in total. The SMILES string of the molecule is CCCCCC=CCC(=O)[O-].[Na+]. The second-order valence-electron chi connectivity index (χ2n) is 2.54. The molecule has 0 aliphatic rings. The summed E-state index contributed by atoms with van der Waals surface area (Å²) in [5, 5.41) is 9.93. The fraction of sp³-hybridized carbons (Fsp3) is 0.667. The molecule has 0 saturated heterocycles. The first-order valence-corrected chi connectivity index (χ1v) is 4.12. The normalized spacial score (nSPS) is 9.75. The first kappa shape index (κ1) is 14.7. The maximum atomic E-state index is 9.93. The van der Waals surface area contributed by atoms with Gasteiger partial charge in [0.1, 0.15) is 0 Å². The first-order valence-electron chi connectivity index (χ1n) is 4.12. The number of aliphatic carboxylic acids is 1. The molecule has 0 saturated carbocycles. The summed E-state index contributed by atoms with van der Waals surface area (Å²) in [5.74, 6) is -1.00. The number of carbonyl (C=O) groups excluding carboxylic acids is 1. The molecule has 3 heteroatoms. The summed E-state index contributed by atoms with van der Waals surface area (Å²) in [7, 11) is 0. The molecule has 0 bridgehead atoms. The molecule has 12 heavy (non-hydrogen) atoms. The van der Waals surface area contributed by atoms with Crippen LogP contribution in [0.2, 0.25) is 0 Å². The van der Waals surface area contributed by atoms with E-state index in [1.165, 1.54) is 12.8 Å². The molecule has 64 valence electrons. The molecule has 0 spiro atoms. The molecule has 0 aliphatic heterocycles. The van der Waals surface area contributed by atoms with Crippen molar-refractivity contribution in [2.75, 3.05) is 0 Å². The molecule has 0 fully saturated rings. The Bertz CT molecular complexity index is 132. The Morgan fingerprint density at radius 3 is 2.50 bits per heavy atom. The van der Waals surface area contributed by atoms with Gasteiger partial charge in [0.05, 0.1) is 0 Å². The minimum absolute atomic E-state index is 0. The van der Waals surface area contributed by atoms with Crippen molar-refractivity contribution in [1.29, 1.82) is 0 Å². The van der Waals surface area contributed by atoms with Crippen LogP contribution in [0.15, 0.2) is 12.2 Å². The van der Waals surface area contributed by atoms with E-state index in [4.69, 9.17) is 0 Å². The fourth-order valence-corrected chi connectivity index (χ4v) is 0.810. The van der Waals surface area contributed by atoms with Crippen molar-refractivity contribution in [3.05, 3.63) is 12.2 Å². The minimum atomic E-state index is -1.00. The monoisotopic (exact) mass is 178 g/mol. The summed E-state index contributed by atoms with van der Waals surface area (Å²) >= 11 is 0. The van der Waals surface area contributed by atoms with Crippen molar-refractivity contribution in [3.8, 4) is 0 Å². The van der Waals surface area contributed by atoms with Gasteiger partial charge >= 0.3 is 29.6 Å². The van der Waals surface area contributed by atoms with Crippen LogP contribution in [-0.4, -0.2) is 5.97 Å². The zero-order valence-electron chi connectivity index (χ0n) is 8.01. The molecule has 0 aliphatic carbocycles. The van der Waals surface area contributed by atoms with Crippen molar-refractivity contribution in [3.63, 3.8) is 0 Å². The number of hydrogen-bond donors (Lipinski definition) is 0. The first-order chi connectivity index (χ1) is 5.27. The number of carboxylic acid groups (broad SMARTS) is 1. The molecule has 0 aromatic carbocycles. The van der Waals surface area contributed by atoms with Crippen molar-refractivity contribution in [1.82, 2.24) is 0 Å². The topological polar surface area (TPSA) is 40.1 Å². The Morgan fingerprint density at radius 2 is 2.00 bits per heavy atom. The summed E-state index contributed by atoms with van der Waals surface area (Å²) in [6.45, 7) is 2.14. The molecular weight excluding hydrogens is 163 g/mol. The van der Waals surface area contributed by atoms with Crippen LogP contribution in [0.25, 0.3) is 0 Å². The van der Waals surface area contributed by atoms with E-state index >= 15 is 0 Å². The molecule has 0 N–H and O–H groups in total. The summed E-state index contributed by atoms with van der Waals surface area (Å²) in [6.07, 6.45) is 8.17. The molecule has 0 aromatic heterocycles. The Kier molecular flexibility index (Phi) is 13.7. The number of hydrogen-bond acceptors (Lipinski definition) is 2. The third-order valence-corrected chi connectivity index (χ3v) is 1.43. The average Bonchev–Trinajstić information content (AvgIpc) is 1.96. The fourth-order valence-electron chi connectivity index (χ4n) is 0.810. The van der Waals surface area contributed by atoms with Gasteiger partial charge in [-0.1, -0.05) is 31.9 Å². The number of rotatable bonds is 6. The van der Waals surface area contributed by atoms with Crippen LogP contribution in [0.3, 0.4) is 0 Å². The molecule has 0 atom stereocenters. The van der Waals surface area contributed by atoms with E-state index in [9.17, 15) is 9.90 Å². The van der Waals surface area contributed by atoms with E-state index < -0.39 is 5.97 Å². The summed E-state index contributed by atoms with van der Waals surface area (Å²) in [5.41, 5.74) is 0. The van der Waals surface area contributed by atoms with Gasteiger partial charge in [-0.05, 0) is 12.8 Å². The van der Waals surface area contributed by atoms with Gasteiger partial charge in [0, 0.05) is 12.4 Å². The van der Waals surface area contributed by atoms with E-state index in [0.717, 1.165) is 12.8 Å². The quantitative estimate of drug-likeness (QED) is 0.275. The maximum absolute atomic E-state index is 9.93. The Balaban J connectivity index is 0. The predicted octanol–water partition coefficient (Wildman–Crippen LogP) is -1.73. The second kappa shape index (κ2) is 11.2. The van der Waals surface area contributed by atoms with Crippen LogP contribution in [0.4, 0.5) is 0 Å². The second-order valence-corrected chi connectivity index (χ2v) is 2.54. The zero-order chi connectivity index (χ0) is 8.53. The van der Waals surface area contributed by atoms with E-state index in [-0.39, 0.29) is 36.0 Å². The van der Waals surface area contributed by atoms with Crippen LogP contribution in [0, 0.1) is 0 Å². The Hall–Kier alpha value is 0.210. The van der Waals surface area contributed by atoms with Crippen molar-refractivity contribution < 1.29 is 39.5 Å². The standard InChI is InChI=1S/C9H16O2.Na/c1-2-3-4-5-6-7-8-9(10)11;/h6-7H,2-5,8H2,1H3,(H,10,11);/q;+1/p-1. The number of carbonyl (C=O) groups is 1. The maximum Gasteiger partial charge on any atom is 1.00 e. The molecular formula is C9H15NaO2. The van der Waals surface area contributed by atoms with Crippen molar-refractivity contribution in [2.24, 2.45) is 0 Å². The van der Waals surface area contributed by atoms with Crippen LogP contribution in [0.5, 0.6) is 0 Å². The molecule has 0 rings (SSSR count). The van der Waals surface area contributed by atoms with E-state index in [1.54, 1.807) is 6.08 Å². The zero-order valence-corrected chi connectivity index (χ0v) is 10.0. The van der Waals surface area contributed by atoms with Gasteiger partial charge in [-0.25, -0.2) is 0 Å². The third-order valence-electron chi connectivity index (χ3n) is 1.43. The van der Waals surface area contributed by atoms with Gasteiger partial charge < -0.3 is 9.90 Å². The van der Waals surface area contributed by atoms with Crippen LogP contribution in [0.1, 0.15) is 39.0 Å². The van der Waals surface area contributed by atoms with Crippen molar-refractivity contribution in [2.45, 2.75) is 39.0 Å². The van der Waals surface area contributed by atoms with Gasteiger partial charge in [-0.2, -0.15) is 0 Å². The molecule has 0 amide bonds. The molecule has 0 aromatic rings. The van der Waals surface area contributed by atoms with Crippen molar-refractivity contribution >= 4 is 5.97 Å². The van der Waals surface area contributed by atoms with Gasteiger partial charge in [-0.3, -0.25) is 0 Å². The average molecular weight is 178 g/mol. The van der Waals surface area contributed by atoms with Crippen LogP contribution < -0.4 is 34.7 Å². The molecule has 0 unspecified atom stereocenters. The number of unbranched alkanes of at least 4 members (excludes halogenated alkanes) is 3.